The van der Waals surface area contributed by atoms with Crippen LogP contribution in [0.3, 0.4) is 0 Å². The molecule has 88 valence electrons. The molecular formula is C11H15ClN2O2. The number of hydrogen-bond donors (Lipinski definition) is 2. The van der Waals surface area contributed by atoms with Crippen LogP contribution in [0.2, 0.25) is 5.02 Å². The Hall–Kier alpha value is -1.26. The first-order valence-electron chi connectivity index (χ1n) is 5.05. The van der Waals surface area contributed by atoms with E-state index < -0.39 is 0 Å². The molecular weight excluding hydrogens is 228 g/mol. The lowest BCUT2D eigenvalue weighted by molar-refractivity contribution is -0.119. The van der Waals surface area contributed by atoms with Crippen molar-refractivity contribution in [2.24, 2.45) is 5.73 Å². The highest BCUT2D eigenvalue weighted by atomic mass is 35.5. The molecule has 0 aliphatic heterocycles. The molecule has 0 atom stereocenters. The standard InChI is InChI=1S/C11H15ClN2O2/c1-2-16-10-4-3-8(5-9(10)12)7-14-11(15)6-13/h3-5H,2,6-7,13H2,1H3,(H,14,15). The highest BCUT2D eigenvalue weighted by Gasteiger charge is 2.03. The normalized spacial score (nSPS) is 9.94. The van der Waals surface area contributed by atoms with Crippen molar-refractivity contribution < 1.29 is 9.53 Å². The molecule has 4 nitrogen and oxygen atoms in total. The van der Waals surface area contributed by atoms with Crippen molar-refractivity contribution in [3.8, 4) is 5.75 Å². The molecule has 16 heavy (non-hydrogen) atoms. The number of halogens is 1. The Balaban J connectivity index is 2.62. The fourth-order valence-corrected chi connectivity index (χ4v) is 1.46. The van der Waals surface area contributed by atoms with Crippen molar-refractivity contribution in [1.29, 1.82) is 0 Å². The van der Waals surface area contributed by atoms with Crippen LogP contribution < -0.4 is 15.8 Å². The highest BCUT2D eigenvalue weighted by molar-refractivity contribution is 6.32. The van der Waals surface area contributed by atoms with Gasteiger partial charge in [0.25, 0.3) is 0 Å². The van der Waals surface area contributed by atoms with Crippen molar-refractivity contribution in [1.82, 2.24) is 5.32 Å². The topological polar surface area (TPSA) is 64.3 Å². The van der Waals surface area contributed by atoms with Gasteiger partial charge in [0.05, 0.1) is 18.2 Å². The van der Waals surface area contributed by atoms with Crippen LogP contribution in [0, 0.1) is 0 Å². The SMILES string of the molecule is CCOc1ccc(CNC(=O)CN)cc1Cl. The van der Waals surface area contributed by atoms with E-state index in [0.717, 1.165) is 5.56 Å². The smallest absolute Gasteiger partial charge is 0.234 e. The number of nitrogens with two attached hydrogens (primary N) is 1. The summed E-state index contributed by atoms with van der Waals surface area (Å²) in [6, 6.07) is 5.41. The monoisotopic (exact) mass is 242 g/mol. The molecule has 0 radical (unpaired) electrons. The van der Waals surface area contributed by atoms with Gasteiger partial charge in [0, 0.05) is 6.54 Å². The molecule has 0 heterocycles. The predicted molar refractivity (Wildman–Crippen MR) is 63.5 cm³/mol. The van der Waals surface area contributed by atoms with Crippen LogP contribution in [0.15, 0.2) is 18.2 Å². The van der Waals surface area contributed by atoms with Gasteiger partial charge < -0.3 is 15.8 Å². The van der Waals surface area contributed by atoms with E-state index in [-0.39, 0.29) is 12.5 Å². The van der Waals surface area contributed by atoms with E-state index in [1.54, 1.807) is 12.1 Å². The van der Waals surface area contributed by atoms with E-state index in [1.165, 1.54) is 0 Å². The number of hydrogen-bond acceptors (Lipinski definition) is 3. The predicted octanol–water partition coefficient (Wildman–Crippen LogP) is 1.31. The third-order valence-corrected chi connectivity index (χ3v) is 2.27. The zero-order chi connectivity index (χ0) is 12.0. The molecule has 3 N–H and O–H groups in total. The summed E-state index contributed by atoms with van der Waals surface area (Å²) in [6.07, 6.45) is 0. The molecule has 0 aliphatic rings. The van der Waals surface area contributed by atoms with E-state index in [2.05, 4.69) is 5.32 Å². The summed E-state index contributed by atoms with van der Waals surface area (Å²) in [6.45, 7) is 2.88. The summed E-state index contributed by atoms with van der Waals surface area (Å²) < 4.78 is 5.30. The van der Waals surface area contributed by atoms with Crippen LogP contribution in [0.4, 0.5) is 0 Å². The second kappa shape index (κ2) is 6.35. The number of carbonyl (C=O) groups is 1. The molecule has 1 rings (SSSR count). The quantitative estimate of drug-likeness (QED) is 0.819. The minimum absolute atomic E-state index is 0.00917. The van der Waals surface area contributed by atoms with Gasteiger partial charge in [0.2, 0.25) is 5.91 Å². The summed E-state index contributed by atoms with van der Waals surface area (Å²) >= 11 is 5.99. The first-order valence-corrected chi connectivity index (χ1v) is 5.43. The third-order valence-electron chi connectivity index (χ3n) is 1.97. The van der Waals surface area contributed by atoms with Crippen molar-refractivity contribution in [3.05, 3.63) is 28.8 Å². The Bertz CT molecular complexity index is 369. The van der Waals surface area contributed by atoms with Gasteiger partial charge >= 0.3 is 0 Å². The number of carbonyl (C=O) groups excluding carboxylic acids is 1. The van der Waals surface area contributed by atoms with E-state index in [0.29, 0.717) is 23.9 Å². The fourth-order valence-electron chi connectivity index (χ4n) is 1.20. The van der Waals surface area contributed by atoms with E-state index in [4.69, 9.17) is 22.1 Å². The lowest BCUT2D eigenvalue weighted by atomic mass is 10.2. The summed E-state index contributed by atoms with van der Waals surface area (Å²) in [5.74, 6) is 0.461. The van der Waals surface area contributed by atoms with Gasteiger partial charge in [-0.15, -0.1) is 0 Å². The van der Waals surface area contributed by atoms with Crippen molar-refractivity contribution >= 4 is 17.5 Å². The molecule has 0 aromatic heterocycles. The maximum absolute atomic E-state index is 10.9. The summed E-state index contributed by atoms with van der Waals surface area (Å²) in [5.41, 5.74) is 6.08. The molecule has 1 aromatic carbocycles. The van der Waals surface area contributed by atoms with Gasteiger partial charge in [-0.2, -0.15) is 0 Å². The third kappa shape index (κ3) is 3.72. The van der Waals surface area contributed by atoms with Gasteiger partial charge in [-0.1, -0.05) is 17.7 Å². The molecule has 0 bridgehead atoms. The van der Waals surface area contributed by atoms with Crippen LogP contribution in [0.25, 0.3) is 0 Å². The second-order valence-electron chi connectivity index (χ2n) is 3.18. The van der Waals surface area contributed by atoms with Crippen LogP contribution >= 0.6 is 11.6 Å². The van der Waals surface area contributed by atoms with Crippen LogP contribution in [0.1, 0.15) is 12.5 Å². The second-order valence-corrected chi connectivity index (χ2v) is 3.59. The molecule has 5 heteroatoms. The van der Waals surface area contributed by atoms with Gasteiger partial charge in [0.1, 0.15) is 5.75 Å². The van der Waals surface area contributed by atoms with E-state index in [9.17, 15) is 4.79 Å². The van der Waals surface area contributed by atoms with Crippen molar-refractivity contribution in [3.63, 3.8) is 0 Å². The minimum Gasteiger partial charge on any atom is -0.492 e. The number of benzene rings is 1. The number of ether oxygens (including phenoxy) is 1. The first kappa shape index (κ1) is 12.8. The Kier molecular flexibility index (Phi) is 5.08. The van der Waals surface area contributed by atoms with Gasteiger partial charge in [0.15, 0.2) is 0 Å². The summed E-state index contributed by atoms with van der Waals surface area (Å²) in [5, 5.41) is 3.21. The molecule has 0 saturated carbocycles. The summed E-state index contributed by atoms with van der Waals surface area (Å²) in [7, 11) is 0. The van der Waals surface area contributed by atoms with Gasteiger partial charge in [-0.3, -0.25) is 4.79 Å². The van der Waals surface area contributed by atoms with Gasteiger partial charge in [-0.05, 0) is 24.6 Å². The summed E-state index contributed by atoms with van der Waals surface area (Å²) in [4.78, 5) is 10.9. The molecule has 0 spiro atoms. The fraction of sp³-hybridized carbons (Fsp3) is 0.364. The minimum atomic E-state index is -0.190. The lowest BCUT2D eigenvalue weighted by Gasteiger charge is -2.08. The Labute approximate surface area is 99.7 Å². The molecule has 0 unspecified atom stereocenters. The van der Waals surface area contributed by atoms with Crippen LogP contribution in [0.5, 0.6) is 5.75 Å². The number of nitrogens with one attached hydrogen (secondary N) is 1. The molecule has 0 aliphatic carbocycles. The molecule has 1 amide bonds. The Morgan fingerprint density at radius 2 is 2.31 bits per heavy atom. The van der Waals surface area contributed by atoms with Crippen LogP contribution in [-0.4, -0.2) is 19.1 Å². The molecule has 1 aromatic rings. The Morgan fingerprint density at radius 3 is 2.88 bits per heavy atom. The lowest BCUT2D eigenvalue weighted by Crippen LogP contribution is -2.29. The average molecular weight is 243 g/mol. The maximum atomic E-state index is 10.9. The zero-order valence-corrected chi connectivity index (χ0v) is 9.88. The Morgan fingerprint density at radius 1 is 1.56 bits per heavy atom. The molecule has 0 fully saturated rings. The van der Waals surface area contributed by atoms with E-state index in [1.807, 2.05) is 13.0 Å². The highest BCUT2D eigenvalue weighted by Crippen LogP contribution is 2.25. The number of rotatable bonds is 5. The van der Waals surface area contributed by atoms with Crippen molar-refractivity contribution in [2.75, 3.05) is 13.2 Å². The molecule has 0 saturated heterocycles. The zero-order valence-electron chi connectivity index (χ0n) is 9.13. The maximum Gasteiger partial charge on any atom is 0.234 e. The van der Waals surface area contributed by atoms with Gasteiger partial charge in [-0.25, -0.2) is 0 Å². The average Bonchev–Trinajstić information content (AvgIpc) is 2.29. The largest absolute Gasteiger partial charge is 0.492 e. The van der Waals surface area contributed by atoms with Crippen LogP contribution in [-0.2, 0) is 11.3 Å². The first-order chi connectivity index (χ1) is 7.67. The van der Waals surface area contributed by atoms with Crippen molar-refractivity contribution in [2.45, 2.75) is 13.5 Å². The van der Waals surface area contributed by atoms with E-state index >= 15 is 0 Å². The number of amides is 1.